The Morgan fingerprint density at radius 3 is 2.73 bits per heavy atom. The lowest BCUT2D eigenvalue weighted by Crippen LogP contribution is -2.37. The standard InChI is InChI=1S/C12H22N2O/c1-4-7-11(5-2)14-12(15)10(3)8-6-9-13/h1,10-11H,5-9,13H2,2-3H3,(H,14,15). The van der Waals surface area contributed by atoms with Crippen molar-refractivity contribution in [3.8, 4) is 12.3 Å². The zero-order chi connectivity index (χ0) is 11.7. The van der Waals surface area contributed by atoms with Crippen LogP contribution in [0.15, 0.2) is 0 Å². The van der Waals surface area contributed by atoms with E-state index in [-0.39, 0.29) is 17.9 Å². The van der Waals surface area contributed by atoms with Crippen LogP contribution in [-0.4, -0.2) is 18.5 Å². The minimum absolute atomic E-state index is 0.0281. The van der Waals surface area contributed by atoms with Gasteiger partial charge in [0.15, 0.2) is 0 Å². The highest BCUT2D eigenvalue weighted by Gasteiger charge is 2.15. The molecule has 2 atom stereocenters. The monoisotopic (exact) mass is 210 g/mol. The summed E-state index contributed by atoms with van der Waals surface area (Å²) in [5, 5.41) is 2.95. The fourth-order valence-corrected chi connectivity index (χ4v) is 1.34. The van der Waals surface area contributed by atoms with Gasteiger partial charge in [0.05, 0.1) is 0 Å². The third-order valence-corrected chi connectivity index (χ3v) is 2.49. The van der Waals surface area contributed by atoms with Crippen molar-refractivity contribution >= 4 is 5.91 Å². The Labute approximate surface area is 92.8 Å². The number of hydrogen-bond donors (Lipinski definition) is 2. The first kappa shape index (κ1) is 14.0. The molecule has 3 N–H and O–H groups in total. The van der Waals surface area contributed by atoms with Crippen LogP contribution < -0.4 is 11.1 Å². The lowest BCUT2D eigenvalue weighted by Gasteiger charge is -2.17. The maximum atomic E-state index is 11.7. The minimum atomic E-state index is 0.0281. The summed E-state index contributed by atoms with van der Waals surface area (Å²) in [6, 6.07) is 0.114. The summed E-state index contributed by atoms with van der Waals surface area (Å²) in [6.45, 7) is 4.58. The average molecular weight is 210 g/mol. The fourth-order valence-electron chi connectivity index (χ4n) is 1.34. The summed E-state index contributed by atoms with van der Waals surface area (Å²) in [6.07, 6.45) is 8.43. The number of nitrogens with one attached hydrogen (secondary N) is 1. The van der Waals surface area contributed by atoms with Crippen molar-refractivity contribution in [2.24, 2.45) is 11.7 Å². The maximum absolute atomic E-state index is 11.7. The molecule has 3 heteroatoms. The third-order valence-electron chi connectivity index (χ3n) is 2.49. The van der Waals surface area contributed by atoms with E-state index in [1.165, 1.54) is 0 Å². The van der Waals surface area contributed by atoms with E-state index in [0.717, 1.165) is 19.3 Å². The molecule has 0 rings (SSSR count). The molecule has 15 heavy (non-hydrogen) atoms. The Hall–Kier alpha value is -1.01. The highest BCUT2D eigenvalue weighted by molar-refractivity contribution is 5.78. The van der Waals surface area contributed by atoms with E-state index >= 15 is 0 Å². The van der Waals surface area contributed by atoms with Gasteiger partial charge in [-0.3, -0.25) is 4.79 Å². The molecule has 0 aromatic carbocycles. The first-order valence-electron chi connectivity index (χ1n) is 5.59. The number of nitrogens with two attached hydrogens (primary N) is 1. The molecule has 2 unspecified atom stereocenters. The Bertz CT molecular complexity index is 220. The quantitative estimate of drug-likeness (QED) is 0.622. The van der Waals surface area contributed by atoms with Gasteiger partial charge in [-0.1, -0.05) is 13.8 Å². The first-order chi connectivity index (χ1) is 7.15. The van der Waals surface area contributed by atoms with Crippen molar-refractivity contribution in [3.05, 3.63) is 0 Å². The largest absolute Gasteiger partial charge is 0.352 e. The van der Waals surface area contributed by atoms with Crippen LogP contribution in [0.2, 0.25) is 0 Å². The van der Waals surface area contributed by atoms with Gasteiger partial charge in [0.2, 0.25) is 5.91 Å². The molecule has 0 bridgehead atoms. The second kappa shape index (κ2) is 8.31. The van der Waals surface area contributed by atoms with E-state index < -0.39 is 0 Å². The van der Waals surface area contributed by atoms with Crippen LogP contribution >= 0.6 is 0 Å². The van der Waals surface area contributed by atoms with Gasteiger partial charge < -0.3 is 11.1 Å². The van der Waals surface area contributed by atoms with Gasteiger partial charge in [-0.15, -0.1) is 12.3 Å². The number of carbonyl (C=O) groups excluding carboxylic acids is 1. The van der Waals surface area contributed by atoms with Gasteiger partial charge in [-0.2, -0.15) is 0 Å². The molecule has 0 aromatic rings. The zero-order valence-corrected chi connectivity index (χ0v) is 9.75. The average Bonchev–Trinajstić information content (AvgIpc) is 2.24. The topological polar surface area (TPSA) is 55.1 Å². The van der Waals surface area contributed by atoms with Crippen LogP contribution in [0.4, 0.5) is 0 Å². The highest BCUT2D eigenvalue weighted by Crippen LogP contribution is 2.06. The molecular formula is C12H22N2O. The maximum Gasteiger partial charge on any atom is 0.223 e. The number of terminal acetylenes is 1. The molecule has 0 heterocycles. The minimum Gasteiger partial charge on any atom is -0.352 e. The molecule has 86 valence electrons. The van der Waals surface area contributed by atoms with Crippen LogP contribution in [0.5, 0.6) is 0 Å². The molecule has 0 radical (unpaired) electrons. The molecule has 0 spiro atoms. The molecule has 0 aromatic heterocycles. The van der Waals surface area contributed by atoms with Crippen molar-refractivity contribution in [1.82, 2.24) is 5.32 Å². The van der Waals surface area contributed by atoms with Crippen LogP contribution in [0.25, 0.3) is 0 Å². The van der Waals surface area contributed by atoms with Gasteiger partial charge in [0.1, 0.15) is 0 Å². The Kier molecular flexibility index (Phi) is 7.75. The summed E-state index contributed by atoms with van der Waals surface area (Å²) in [7, 11) is 0. The summed E-state index contributed by atoms with van der Waals surface area (Å²) in [5.74, 6) is 2.69. The van der Waals surface area contributed by atoms with Crippen LogP contribution in [0.1, 0.15) is 39.5 Å². The van der Waals surface area contributed by atoms with Gasteiger partial charge in [0.25, 0.3) is 0 Å². The third kappa shape index (κ3) is 6.14. The van der Waals surface area contributed by atoms with E-state index in [1.807, 2.05) is 13.8 Å². The molecule has 0 aliphatic carbocycles. The molecule has 0 saturated carbocycles. The summed E-state index contributed by atoms with van der Waals surface area (Å²) in [5.41, 5.74) is 5.39. The molecule has 0 aliphatic rings. The molecule has 0 fully saturated rings. The Balaban J connectivity index is 3.93. The molecule has 0 aliphatic heterocycles. The summed E-state index contributed by atoms with van der Waals surface area (Å²) < 4.78 is 0. The molecule has 0 saturated heterocycles. The second-order valence-corrected chi connectivity index (χ2v) is 3.85. The van der Waals surface area contributed by atoms with E-state index in [0.29, 0.717) is 13.0 Å². The van der Waals surface area contributed by atoms with Gasteiger partial charge >= 0.3 is 0 Å². The fraction of sp³-hybridized carbons (Fsp3) is 0.750. The zero-order valence-electron chi connectivity index (χ0n) is 9.75. The number of hydrogen-bond acceptors (Lipinski definition) is 2. The SMILES string of the molecule is C#CCC(CC)NC(=O)C(C)CCCN. The molecule has 1 amide bonds. The van der Waals surface area contributed by atoms with Crippen LogP contribution in [0.3, 0.4) is 0 Å². The summed E-state index contributed by atoms with van der Waals surface area (Å²) >= 11 is 0. The Morgan fingerprint density at radius 1 is 1.60 bits per heavy atom. The van der Waals surface area contributed by atoms with Gasteiger partial charge in [-0.05, 0) is 25.8 Å². The molecular weight excluding hydrogens is 188 g/mol. The number of amides is 1. The first-order valence-corrected chi connectivity index (χ1v) is 5.59. The van der Waals surface area contributed by atoms with Gasteiger partial charge in [-0.25, -0.2) is 0 Å². The van der Waals surface area contributed by atoms with E-state index in [4.69, 9.17) is 12.2 Å². The van der Waals surface area contributed by atoms with Crippen molar-refractivity contribution in [2.75, 3.05) is 6.54 Å². The normalized spacial score (nSPS) is 14.0. The predicted octanol–water partition coefficient (Wildman–Crippen LogP) is 1.28. The van der Waals surface area contributed by atoms with E-state index in [2.05, 4.69) is 11.2 Å². The van der Waals surface area contributed by atoms with E-state index in [1.54, 1.807) is 0 Å². The number of rotatable bonds is 7. The van der Waals surface area contributed by atoms with Crippen molar-refractivity contribution in [1.29, 1.82) is 0 Å². The number of carbonyl (C=O) groups is 1. The smallest absolute Gasteiger partial charge is 0.223 e. The molecule has 3 nitrogen and oxygen atoms in total. The lowest BCUT2D eigenvalue weighted by molar-refractivity contribution is -0.125. The van der Waals surface area contributed by atoms with Crippen molar-refractivity contribution in [3.63, 3.8) is 0 Å². The van der Waals surface area contributed by atoms with E-state index in [9.17, 15) is 4.79 Å². The van der Waals surface area contributed by atoms with Gasteiger partial charge in [0, 0.05) is 18.4 Å². The second-order valence-electron chi connectivity index (χ2n) is 3.85. The lowest BCUT2D eigenvalue weighted by atomic mass is 10.0. The van der Waals surface area contributed by atoms with Crippen molar-refractivity contribution < 1.29 is 4.79 Å². The predicted molar refractivity (Wildman–Crippen MR) is 63.1 cm³/mol. The summed E-state index contributed by atoms with van der Waals surface area (Å²) in [4.78, 5) is 11.7. The van der Waals surface area contributed by atoms with Crippen molar-refractivity contribution in [2.45, 2.75) is 45.6 Å². The Morgan fingerprint density at radius 2 is 2.27 bits per heavy atom. The van der Waals surface area contributed by atoms with Crippen LogP contribution in [0, 0.1) is 18.3 Å². The van der Waals surface area contributed by atoms with Crippen LogP contribution in [-0.2, 0) is 4.79 Å². The highest BCUT2D eigenvalue weighted by atomic mass is 16.1.